The third kappa shape index (κ3) is 4.33. The molecule has 3 rings (SSSR count). The number of hydrogen-bond donors (Lipinski definition) is 2. The number of carboxylic acids is 1. The number of hydrogen-bond acceptors (Lipinski definition) is 6. The average Bonchev–Trinajstić information content (AvgIpc) is 3.14. The lowest BCUT2D eigenvalue weighted by molar-refractivity contribution is -0.141. The number of rotatable bonds is 6. The van der Waals surface area contributed by atoms with Gasteiger partial charge in [-0.25, -0.2) is 9.59 Å². The molecule has 2 unspecified atom stereocenters. The summed E-state index contributed by atoms with van der Waals surface area (Å²) in [5.74, 6) is -0.570. The summed E-state index contributed by atoms with van der Waals surface area (Å²) in [6, 6.07) is 12.9. The highest BCUT2D eigenvalue weighted by Gasteiger charge is 2.43. The van der Waals surface area contributed by atoms with Crippen molar-refractivity contribution in [2.75, 3.05) is 12.4 Å². The van der Waals surface area contributed by atoms with Gasteiger partial charge in [-0.2, -0.15) is 0 Å². The van der Waals surface area contributed by atoms with E-state index in [2.05, 4.69) is 0 Å². The highest BCUT2D eigenvalue weighted by Crippen LogP contribution is 2.44. The van der Waals surface area contributed by atoms with Gasteiger partial charge in [0.25, 0.3) is 0 Å². The van der Waals surface area contributed by atoms with Crippen LogP contribution in [-0.2, 0) is 16.1 Å². The summed E-state index contributed by atoms with van der Waals surface area (Å²) >= 11 is 1.33. The van der Waals surface area contributed by atoms with E-state index < -0.39 is 23.5 Å². The first-order valence-electron chi connectivity index (χ1n) is 8.80. The second-order valence-electron chi connectivity index (χ2n) is 6.15. The van der Waals surface area contributed by atoms with Crippen molar-refractivity contribution < 1.29 is 29.3 Å². The monoisotopic (exact) mass is 403 g/mol. The second kappa shape index (κ2) is 8.88. The maximum Gasteiger partial charge on any atom is 0.412 e. The molecule has 148 valence electrons. The molecule has 2 N–H and O–H groups in total. The molecule has 0 bridgehead atoms. The van der Waals surface area contributed by atoms with E-state index in [4.69, 9.17) is 9.47 Å². The van der Waals surface area contributed by atoms with Gasteiger partial charge in [0, 0.05) is 5.75 Å². The van der Waals surface area contributed by atoms with Crippen LogP contribution in [0.5, 0.6) is 11.5 Å². The molecule has 1 fully saturated rings. The van der Waals surface area contributed by atoms with Crippen molar-refractivity contribution in [2.45, 2.75) is 24.9 Å². The zero-order chi connectivity index (χ0) is 20.1. The number of aromatic hydroxyl groups is 1. The van der Waals surface area contributed by atoms with E-state index in [-0.39, 0.29) is 23.9 Å². The molecule has 0 aromatic heterocycles. The van der Waals surface area contributed by atoms with Gasteiger partial charge in [0.2, 0.25) is 0 Å². The number of ether oxygens (including phenoxy) is 2. The lowest BCUT2D eigenvalue weighted by Gasteiger charge is -2.27. The lowest BCUT2D eigenvalue weighted by atomic mass is 10.1. The molecule has 0 radical (unpaired) electrons. The fraction of sp³-hybridized carbons (Fsp3) is 0.300. The first-order chi connectivity index (χ1) is 13.5. The number of carbonyl (C=O) groups excluding carboxylic acids is 1. The third-order valence-electron chi connectivity index (χ3n) is 4.27. The Labute approximate surface area is 166 Å². The minimum atomic E-state index is -1.09. The predicted octanol–water partition coefficient (Wildman–Crippen LogP) is 3.63. The Morgan fingerprint density at radius 2 is 1.96 bits per heavy atom. The summed E-state index contributed by atoms with van der Waals surface area (Å²) < 4.78 is 10.8. The molecule has 1 heterocycles. The highest BCUT2D eigenvalue weighted by molar-refractivity contribution is 7.99. The van der Waals surface area contributed by atoms with Crippen molar-refractivity contribution in [1.29, 1.82) is 0 Å². The summed E-state index contributed by atoms with van der Waals surface area (Å²) in [6.07, 6.45) is -0.697. The standard InChI is InChI=1S/C20H21NO6S/c1-2-26-17-10-14(8-9-16(17)22)18-21(15(12-28-18)19(23)24)20(25)27-11-13-6-4-3-5-7-13/h3-10,15,18,22H,2,11-12H2,1H3,(H,23,24). The number of amides is 1. The van der Waals surface area contributed by atoms with Crippen LogP contribution in [0.2, 0.25) is 0 Å². The number of carboxylic acid groups (broad SMARTS) is 1. The molecule has 2 atom stereocenters. The van der Waals surface area contributed by atoms with Gasteiger partial charge in [0.15, 0.2) is 11.5 Å². The minimum Gasteiger partial charge on any atom is -0.504 e. The molecule has 28 heavy (non-hydrogen) atoms. The van der Waals surface area contributed by atoms with Gasteiger partial charge >= 0.3 is 12.1 Å². The summed E-state index contributed by atoms with van der Waals surface area (Å²) in [7, 11) is 0. The van der Waals surface area contributed by atoms with E-state index in [1.165, 1.54) is 22.7 Å². The average molecular weight is 403 g/mol. The number of aliphatic carboxylic acids is 1. The Morgan fingerprint density at radius 1 is 1.21 bits per heavy atom. The largest absolute Gasteiger partial charge is 0.504 e. The van der Waals surface area contributed by atoms with Crippen LogP contribution in [0.3, 0.4) is 0 Å². The summed E-state index contributed by atoms with van der Waals surface area (Å²) in [5, 5.41) is 18.9. The Kier molecular flexibility index (Phi) is 6.30. The van der Waals surface area contributed by atoms with E-state index >= 15 is 0 Å². The van der Waals surface area contributed by atoms with Gasteiger partial charge in [-0.3, -0.25) is 4.90 Å². The van der Waals surface area contributed by atoms with Crippen molar-refractivity contribution in [3.63, 3.8) is 0 Å². The number of benzene rings is 2. The fourth-order valence-electron chi connectivity index (χ4n) is 2.93. The second-order valence-corrected chi connectivity index (χ2v) is 7.26. The molecule has 1 saturated heterocycles. The molecule has 0 spiro atoms. The molecule has 2 aromatic rings. The molecule has 1 aliphatic heterocycles. The number of carbonyl (C=O) groups is 2. The molecular formula is C20H21NO6S. The Bertz CT molecular complexity index is 844. The SMILES string of the molecule is CCOc1cc(C2SCC(C(=O)O)N2C(=O)OCc2ccccc2)ccc1O. The highest BCUT2D eigenvalue weighted by atomic mass is 32.2. The van der Waals surface area contributed by atoms with E-state index in [0.717, 1.165) is 5.56 Å². The van der Waals surface area contributed by atoms with Crippen molar-refractivity contribution in [2.24, 2.45) is 0 Å². The Hall–Kier alpha value is -2.87. The molecule has 7 nitrogen and oxygen atoms in total. The topological polar surface area (TPSA) is 96.3 Å². The molecule has 0 aliphatic carbocycles. The normalized spacial score (nSPS) is 18.7. The Balaban J connectivity index is 1.82. The maximum atomic E-state index is 12.7. The molecular weight excluding hydrogens is 382 g/mol. The van der Waals surface area contributed by atoms with Crippen LogP contribution in [0, 0.1) is 0 Å². The van der Waals surface area contributed by atoms with Crippen molar-refractivity contribution in [3.8, 4) is 11.5 Å². The molecule has 0 saturated carbocycles. The zero-order valence-electron chi connectivity index (χ0n) is 15.3. The van der Waals surface area contributed by atoms with Crippen molar-refractivity contribution in [1.82, 2.24) is 4.90 Å². The summed E-state index contributed by atoms with van der Waals surface area (Å²) in [6.45, 7) is 2.22. The zero-order valence-corrected chi connectivity index (χ0v) is 16.1. The predicted molar refractivity (Wildman–Crippen MR) is 104 cm³/mol. The van der Waals surface area contributed by atoms with Gasteiger partial charge < -0.3 is 19.7 Å². The van der Waals surface area contributed by atoms with Gasteiger partial charge in [0.1, 0.15) is 18.0 Å². The van der Waals surface area contributed by atoms with Gasteiger partial charge in [-0.15, -0.1) is 11.8 Å². The lowest BCUT2D eigenvalue weighted by Crippen LogP contribution is -2.43. The van der Waals surface area contributed by atoms with Gasteiger partial charge in [-0.1, -0.05) is 36.4 Å². The van der Waals surface area contributed by atoms with Gasteiger partial charge in [-0.05, 0) is 30.2 Å². The number of phenols is 1. The summed E-state index contributed by atoms with van der Waals surface area (Å²) in [4.78, 5) is 25.6. The first-order valence-corrected chi connectivity index (χ1v) is 9.85. The van der Waals surface area contributed by atoms with Crippen LogP contribution in [0.1, 0.15) is 23.4 Å². The Morgan fingerprint density at radius 3 is 2.64 bits per heavy atom. The van der Waals surface area contributed by atoms with E-state index in [1.54, 1.807) is 19.1 Å². The van der Waals surface area contributed by atoms with E-state index in [0.29, 0.717) is 12.2 Å². The van der Waals surface area contributed by atoms with Crippen LogP contribution >= 0.6 is 11.8 Å². The van der Waals surface area contributed by atoms with Crippen LogP contribution in [0.15, 0.2) is 48.5 Å². The van der Waals surface area contributed by atoms with Crippen molar-refractivity contribution >= 4 is 23.8 Å². The van der Waals surface area contributed by atoms with Gasteiger partial charge in [0.05, 0.1) is 6.61 Å². The first kappa shape index (κ1) is 19.9. The number of phenolic OH excluding ortho intramolecular Hbond substituents is 1. The molecule has 2 aromatic carbocycles. The minimum absolute atomic E-state index is 0.0124. The van der Waals surface area contributed by atoms with E-state index in [9.17, 15) is 19.8 Å². The van der Waals surface area contributed by atoms with Crippen molar-refractivity contribution in [3.05, 3.63) is 59.7 Å². The van der Waals surface area contributed by atoms with Crippen LogP contribution in [0.25, 0.3) is 0 Å². The smallest absolute Gasteiger partial charge is 0.412 e. The maximum absolute atomic E-state index is 12.7. The van der Waals surface area contributed by atoms with E-state index in [1.807, 2.05) is 30.3 Å². The van der Waals surface area contributed by atoms with Crippen LogP contribution in [-0.4, -0.2) is 45.6 Å². The summed E-state index contributed by atoms with van der Waals surface area (Å²) in [5.41, 5.74) is 1.47. The number of thioether (sulfide) groups is 1. The fourth-order valence-corrected chi connectivity index (χ4v) is 4.33. The quantitative estimate of drug-likeness (QED) is 0.760. The third-order valence-corrected chi connectivity index (χ3v) is 5.59. The molecule has 1 aliphatic rings. The molecule has 1 amide bonds. The van der Waals surface area contributed by atoms with Crippen LogP contribution < -0.4 is 4.74 Å². The molecule has 8 heteroatoms. The number of nitrogens with zero attached hydrogens (tertiary/aromatic N) is 1. The van der Waals surface area contributed by atoms with Crippen LogP contribution in [0.4, 0.5) is 4.79 Å².